The van der Waals surface area contributed by atoms with Crippen molar-refractivity contribution in [1.29, 1.82) is 0 Å². The van der Waals surface area contributed by atoms with Crippen LogP contribution in [-0.4, -0.2) is 0 Å². The molecule has 0 saturated heterocycles. The van der Waals surface area contributed by atoms with Gasteiger partial charge in [-0.1, -0.05) is 121 Å². The molecule has 0 N–H and O–H groups in total. The fraction of sp³-hybridized carbons (Fsp3) is 0. The van der Waals surface area contributed by atoms with Crippen LogP contribution in [0.3, 0.4) is 0 Å². The fourth-order valence-corrected chi connectivity index (χ4v) is 8.61. The van der Waals surface area contributed by atoms with E-state index in [1.807, 2.05) is 17.4 Å². The van der Waals surface area contributed by atoms with Gasteiger partial charge in [-0.05, 0) is 64.2 Å². The van der Waals surface area contributed by atoms with Crippen LogP contribution in [0.5, 0.6) is 0 Å². The van der Waals surface area contributed by atoms with Crippen molar-refractivity contribution < 1.29 is 4.42 Å². The number of anilines is 3. The summed E-state index contributed by atoms with van der Waals surface area (Å²) < 4.78 is 9.11. The molecule has 0 radical (unpaired) electrons. The predicted molar refractivity (Wildman–Crippen MR) is 202 cm³/mol. The maximum atomic E-state index is 6.54. The quantitative estimate of drug-likeness (QED) is 0.195. The molecule has 3 heteroatoms. The molecule has 8 aromatic carbocycles. The third-order valence-electron chi connectivity index (χ3n) is 9.42. The molecule has 10 aromatic rings. The number of thiophene rings is 1. The first kappa shape index (κ1) is 26.3. The van der Waals surface area contributed by atoms with Gasteiger partial charge in [-0.2, -0.15) is 0 Å². The Morgan fingerprint density at radius 2 is 1.09 bits per heavy atom. The molecule has 0 saturated carbocycles. The molecular weight excluding hydrogens is 591 g/mol. The second kappa shape index (κ2) is 10.3. The molecule has 220 valence electrons. The number of para-hydroxylation sites is 3. The van der Waals surface area contributed by atoms with Crippen molar-refractivity contribution in [3.05, 3.63) is 164 Å². The third-order valence-corrected chi connectivity index (χ3v) is 10.7. The Kier molecular flexibility index (Phi) is 5.78. The monoisotopic (exact) mass is 617 g/mol. The van der Waals surface area contributed by atoms with Gasteiger partial charge >= 0.3 is 0 Å². The molecule has 0 bridgehead atoms. The largest absolute Gasteiger partial charge is 0.455 e. The summed E-state index contributed by atoms with van der Waals surface area (Å²) in [6, 6.07) is 58.9. The van der Waals surface area contributed by atoms with Gasteiger partial charge in [0.2, 0.25) is 0 Å². The number of hydrogen-bond acceptors (Lipinski definition) is 3. The Balaban J connectivity index is 1.26. The van der Waals surface area contributed by atoms with Crippen LogP contribution in [0.25, 0.3) is 74.8 Å². The summed E-state index contributed by atoms with van der Waals surface area (Å²) in [5.41, 5.74) is 7.62. The van der Waals surface area contributed by atoms with Gasteiger partial charge < -0.3 is 9.32 Å². The fourth-order valence-electron chi connectivity index (χ4n) is 7.28. The molecule has 0 unspecified atom stereocenters. The van der Waals surface area contributed by atoms with Gasteiger partial charge in [-0.15, -0.1) is 11.3 Å². The lowest BCUT2D eigenvalue weighted by Crippen LogP contribution is -2.09. The van der Waals surface area contributed by atoms with E-state index in [1.54, 1.807) is 0 Å². The first-order chi connectivity index (χ1) is 23.3. The van der Waals surface area contributed by atoms with Gasteiger partial charge in [-0.3, -0.25) is 0 Å². The molecule has 2 nitrogen and oxygen atoms in total. The van der Waals surface area contributed by atoms with E-state index < -0.39 is 0 Å². The molecule has 2 aromatic heterocycles. The summed E-state index contributed by atoms with van der Waals surface area (Å²) in [5, 5.41) is 9.78. The molecule has 10 rings (SSSR count). The van der Waals surface area contributed by atoms with Crippen LogP contribution < -0.4 is 4.90 Å². The Morgan fingerprint density at radius 1 is 0.404 bits per heavy atom. The first-order valence-corrected chi connectivity index (χ1v) is 16.7. The summed E-state index contributed by atoms with van der Waals surface area (Å²) >= 11 is 1.89. The third kappa shape index (κ3) is 4.04. The number of fused-ring (bicyclic) bond motifs is 9. The number of hydrogen-bond donors (Lipinski definition) is 0. The topological polar surface area (TPSA) is 16.4 Å². The van der Waals surface area contributed by atoms with Gasteiger partial charge in [0.15, 0.2) is 0 Å². The van der Waals surface area contributed by atoms with E-state index in [0.29, 0.717) is 0 Å². The van der Waals surface area contributed by atoms with Crippen LogP contribution in [0, 0.1) is 0 Å². The minimum Gasteiger partial charge on any atom is -0.455 e. The van der Waals surface area contributed by atoms with Crippen molar-refractivity contribution in [2.24, 2.45) is 0 Å². The summed E-state index contributed by atoms with van der Waals surface area (Å²) in [4.78, 5) is 2.41. The van der Waals surface area contributed by atoms with Gasteiger partial charge in [0.05, 0.1) is 10.4 Å². The Labute approximate surface area is 275 Å². The molecule has 47 heavy (non-hydrogen) atoms. The molecule has 0 fully saturated rings. The number of rotatable bonds is 4. The average molecular weight is 618 g/mol. The Morgan fingerprint density at radius 3 is 1.98 bits per heavy atom. The molecule has 2 heterocycles. The number of benzene rings is 8. The van der Waals surface area contributed by atoms with Gasteiger partial charge in [0, 0.05) is 48.6 Å². The maximum absolute atomic E-state index is 6.54. The van der Waals surface area contributed by atoms with Crippen LogP contribution in [-0.2, 0) is 0 Å². The van der Waals surface area contributed by atoms with Gasteiger partial charge in [-0.25, -0.2) is 0 Å². The molecule has 0 spiro atoms. The lowest BCUT2D eigenvalue weighted by Gasteiger charge is -2.26. The molecule has 0 aliphatic carbocycles. The molecule has 0 aliphatic heterocycles. The summed E-state index contributed by atoms with van der Waals surface area (Å²) in [7, 11) is 0. The van der Waals surface area contributed by atoms with E-state index in [2.05, 4.69) is 163 Å². The highest BCUT2D eigenvalue weighted by molar-refractivity contribution is 7.27. The van der Waals surface area contributed by atoms with Crippen LogP contribution in [0.15, 0.2) is 168 Å². The van der Waals surface area contributed by atoms with Crippen molar-refractivity contribution in [2.45, 2.75) is 0 Å². The highest BCUT2D eigenvalue weighted by atomic mass is 32.1. The highest BCUT2D eigenvalue weighted by Crippen LogP contribution is 2.49. The molecule has 0 aliphatic rings. The van der Waals surface area contributed by atoms with Crippen molar-refractivity contribution >= 4 is 92.1 Å². The van der Waals surface area contributed by atoms with E-state index in [4.69, 9.17) is 4.42 Å². The SMILES string of the molecule is c1ccc(N(c2ccc3ccccc3c2)c2cccc3c2sc2c4ccccc4c(-c4cccc5c4oc4ccccc45)cc32)cc1. The zero-order valence-corrected chi connectivity index (χ0v) is 26.2. The first-order valence-electron chi connectivity index (χ1n) is 15.9. The normalized spacial score (nSPS) is 11.8. The van der Waals surface area contributed by atoms with Crippen molar-refractivity contribution in [3.8, 4) is 11.1 Å². The molecule has 0 atom stereocenters. The van der Waals surface area contributed by atoms with E-state index in [-0.39, 0.29) is 0 Å². The maximum Gasteiger partial charge on any atom is 0.143 e. The number of nitrogens with zero attached hydrogens (tertiary/aromatic N) is 1. The standard InChI is InChI=1S/C44H27NOS/c1-2-14-30(15-3-1)45(31-25-24-28-12-4-5-13-29(28)26-31)40-22-11-21-37-39-27-38(32-16-6-7-18-36(32)43(39)47-44(37)40)35-20-10-19-34-33-17-8-9-23-41(33)46-42(34)35/h1-27H. The van der Waals surface area contributed by atoms with E-state index in [1.165, 1.54) is 53.0 Å². The zero-order chi connectivity index (χ0) is 30.9. The minimum absolute atomic E-state index is 0.917. The summed E-state index contributed by atoms with van der Waals surface area (Å²) in [6.45, 7) is 0. The Hall–Kier alpha value is -5.90. The predicted octanol–water partition coefficient (Wildman–Crippen LogP) is 13.4. The zero-order valence-electron chi connectivity index (χ0n) is 25.4. The van der Waals surface area contributed by atoms with Crippen molar-refractivity contribution in [3.63, 3.8) is 0 Å². The van der Waals surface area contributed by atoms with E-state index >= 15 is 0 Å². The van der Waals surface area contributed by atoms with E-state index in [0.717, 1.165) is 38.9 Å². The summed E-state index contributed by atoms with van der Waals surface area (Å²) in [5.74, 6) is 0. The lowest BCUT2D eigenvalue weighted by molar-refractivity contribution is 0.670. The van der Waals surface area contributed by atoms with Crippen molar-refractivity contribution in [1.82, 2.24) is 0 Å². The van der Waals surface area contributed by atoms with Gasteiger partial charge in [0.25, 0.3) is 0 Å². The van der Waals surface area contributed by atoms with Gasteiger partial charge in [0.1, 0.15) is 11.2 Å². The summed E-state index contributed by atoms with van der Waals surface area (Å²) in [6.07, 6.45) is 0. The molecular formula is C44H27NOS. The van der Waals surface area contributed by atoms with Crippen LogP contribution >= 0.6 is 11.3 Å². The second-order valence-electron chi connectivity index (χ2n) is 12.1. The number of furan rings is 1. The lowest BCUT2D eigenvalue weighted by atomic mass is 9.94. The second-order valence-corrected chi connectivity index (χ2v) is 13.1. The minimum atomic E-state index is 0.917. The smallest absolute Gasteiger partial charge is 0.143 e. The van der Waals surface area contributed by atoms with Crippen molar-refractivity contribution in [2.75, 3.05) is 4.90 Å². The van der Waals surface area contributed by atoms with Crippen LogP contribution in [0.2, 0.25) is 0 Å². The highest BCUT2D eigenvalue weighted by Gasteiger charge is 2.21. The average Bonchev–Trinajstić information content (AvgIpc) is 3.71. The van der Waals surface area contributed by atoms with Crippen LogP contribution in [0.1, 0.15) is 0 Å². The molecule has 0 amide bonds. The van der Waals surface area contributed by atoms with Crippen LogP contribution in [0.4, 0.5) is 17.1 Å². The Bertz CT molecular complexity index is 2810. The van der Waals surface area contributed by atoms with E-state index in [9.17, 15) is 0 Å².